The quantitative estimate of drug-likeness (QED) is 0.0372. The van der Waals surface area contributed by atoms with Gasteiger partial charge in [0.25, 0.3) is 0 Å². The van der Waals surface area contributed by atoms with Gasteiger partial charge in [0.05, 0.1) is 17.1 Å². The van der Waals surface area contributed by atoms with Gasteiger partial charge in [-0.25, -0.2) is 9.98 Å². The Morgan fingerprint density at radius 2 is 0.729 bits per heavy atom. The van der Waals surface area contributed by atoms with Gasteiger partial charge >= 0.3 is 0 Å². The van der Waals surface area contributed by atoms with E-state index in [1.165, 1.54) is 215 Å². The third kappa shape index (κ3) is 29.9. The summed E-state index contributed by atoms with van der Waals surface area (Å²) in [5.41, 5.74) is 8.46. The molecule has 0 fully saturated rings. The lowest BCUT2D eigenvalue weighted by Gasteiger charge is -2.06. The molecule has 330 valence electrons. The van der Waals surface area contributed by atoms with Crippen molar-refractivity contribution < 1.29 is 0 Å². The van der Waals surface area contributed by atoms with E-state index in [0.717, 1.165) is 42.1 Å². The van der Waals surface area contributed by atoms with Crippen LogP contribution >= 0.6 is 0 Å². The molecule has 2 nitrogen and oxygen atoms in total. The lowest BCUT2D eigenvalue weighted by atomic mass is 10.0. The second kappa shape index (κ2) is 36.9. The van der Waals surface area contributed by atoms with E-state index < -0.39 is 0 Å². The van der Waals surface area contributed by atoms with Crippen LogP contribution in [-0.2, 0) is 0 Å². The van der Waals surface area contributed by atoms with E-state index in [4.69, 9.17) is 9.98 Å². The molecule has 0 spiro atoms. The molecule has 0 aliphatic heterocycles. The van der Waals surface area contributed by atoms with Gasteiger partial charge in [-0.05, 0) is 105 Å². The average Bonchev–Trinajstić information content (AvgIpc) is 3.20. The van der Waals surface area contributed by atoms with E-state index in [1.807, 2.05) is 0 Å². The van der Waals surface area contributed by atoms with Crippen LogP contribution in [-0.4, -0.2) is 11.4 Å². The molecule has 0 heterocycles. The highest BCUT2D eigenvalue weighted by Gasteiger charge is 2.07. The molecule has 0 aliphatic rings. The Labute approximate surface area is 367 Å². The minimum absolute atomic E-state index is 0.773. The zero-order chi connectivity index (χ0) is 42.4. The van der Waals surface area contributed by atoms with E-state index in [2.05, 4.69) is 102 Å². The van der Waals surface area contributed by atoms with Gasteiger partial charge in [0.2, 0.25) is 0 Å². The second-order valence-corrected chi connectivity index (χ2v) is 18.1. The first-order chi connectivity index (χ1) is 28.9. The highest BCUT2D eigenvalue weighted by Crippen LogP contribution is 2.22. The lowest BCUT2D eigenvalue weighted by Crippen LogP contribution is -2.09. The van der Waals surface area contributed by atoms with Gasteiger partial charge in [-0.3, -0.25) is 0 Å². The third-order valence-electron chi connectivity index (χ3n) is 11.8. The smallest absolute Gasteiger partial charge is 0.139 e. The fourth-order valence-corrected chi connectivity index (χ4v) is 8.35. The zero-order valence-corrected chi connectivity index (χ0v) is 39.8. The van der Waals surface area contributed by atoms with Gasteiger partial charge in [-0.2, -0.15) is 0 Å². The molecule has 0 saturated carbocycles. The summed E-state index contributed by atoms with van der Waals surface area (Å²) in [7, 11) is 0. The van der Waals surface area contributed by atoms with Crippen molar-refractivity contribution in [3.05, 3.63) is 70.8 Å². The van der Waals surface area contributed by atoms with E-state index in [9.17, 15) is 0 Å². The van der Waals surface area contributed by atoms with Crippen LogP contribution in [0.15, 0.2) is 58.5 Å². The van der Waals surface area contributed by atoms with E-state index >= 15 is 0 Å². The van der Waals surface area contributed by atoms with Crippen molar-refractivity contribution in [2.75, 3.05) is 0 Å². The Morgan fingerprint density at radius 1 is 0.407 bits per heavy atom. The molecule has 0 radical (unpaired) electrons. The molecule has 2 heteroatoms. The number of rotatable bonds is 36. The van der Waals surface area contributed by atoms with E-state index in [0.29, 0.717) is 0 Å². The number of benzene rings is 2. The molecule has 0 atom stereocenters. The fraction of sp³-hybridized carbons (Fsp3) is 0.684. The van der Waals surface area contributed by atoms with Crippen molar-refractivity contribution >= 4 is 22.8 Å². The van der Waals surface area contributed by atoms with Crippen molar-refractivity contribution in [2.24, 2.45) is 9.98 Å². The molecule has 2 aromatic carbocycles. The summed E-state index contributed by atoms with van der Waals surface area (Å²) in [6, 6.07) is 13.1. The predicted molar refractivity (Wildman–Crippen MR) is 267 cm³/mol. The number of aryl methyl sites for hydroxylation is 4. The minimum Gasteiger partial charge on any atom is -0.246 e. The first-order valence-corrected chi connectivity index (χ1v) is 25.4. The molecule has 2 aromatic rings. The molecule has 2 rings (SSSR count). The molecule has 0 N–H and O–H groups in total. The maximum atomic E-state index is 5.20. The molecule has 0 bridgehead atoms. The van der Waals surface area contributed by atoms with E-state index in [1.54, 1.807) is 0 Å². The van der Waals surface area contributed by atoms with Crippen LogP contribution in [0.3, 0.4) is 0 Å². The number of unbranched alkanes of at least 4 members (excludes halogenated alkanes) is 31. The van der Waals surface area contributed by atoms with Gasteiger partial charge in [0.1, 0.15) is 5.71 Å². The summed E-state index contributed by atoms with van der Waals surface area (Å²) in [6.07, 6.45) is 49.7. The predicted octanol–water partition coefficient (Wildman–Crippen LogP) is 19.2. The van der Waals surface area contributed by atoms with Crippen molar-refractivity contribution in [1.29, 1.82) is 0 Å². The highest BCUT2D eigenvalue weighted by atomic mass is 14.8. The summed E-state index contributed by atoms with van der Waals surface area (Å²) in [5.74, 6) is 7.05. The molecule has 0 saturated heterocycles. The number of allylic oxidation sites excluding steroid dienone is 2. The van der Waals surface area contributed by atoms with Gasteiger partial charge < -0.3 is 0 Å². The highest BCUT2D eigenvalue weighted by molar-refractivity contribution is 6.53. The van der Waals surface area contributed by atoms with Gasteiger partial charge in [0.15, 0.2) is 0 Å². The van der Waals surface area contributed by atoms with Crippen LogP contribution in [0.4, 0.5) is 11.4 Å². The van der Waals surface area contributed by atoms with Crippen molar-refractivity contribution in [3.8, 4) is 11.8 Å². The number of aliphatic imine (C=N–C) groups is 2. The Morgan fingerprint density at radius 3 is 1.10 bits per heavy atom. The maximum absolute atomic E-state index is 5.20. The molecule has 0 aromatic heterocycles. The summed E-state index contributed by atoms with van der Waals surface area (Å²) in [6.45, 7) is 13.2. The molecule has 59 heavy (non-hydrogen) atoms. The standard InChI is InChI=1S/C57H92N2/c1-7-9-11-13-15-17-18-19-20-21-22-23-24-25-26-27-28-29-30-31-32-33-35-37-39-41-43-57(59-55-48-52(5)45-53(6)49-55)56(58-54-46-50(3)44-51(4)47-54)42-40-38-36-34-16-14-12-10-8-2/h40,42,44-49H,7-39H2,1-6H3/b42-40+,58-56?,59-57?. The Bertz CT molecular complexity index is 1440. The molecule has 0 amide bonds. The molecule has 0 unspecified atom stereocenters. The normalized spacial score (nSPS) is 12.1. The largest absolute Gasteiger partial charge is 0.246 e. The van der Waals surface area contributed by atoms with Crippen LogP contribution in [0, 0.1) is 39.5 Å². The van der Waals surface area contributed by atoms with Crippen molar-refractivity contribution in [2.45, 2.75) is 253 Å². The average molecular weight is 805 g/mol. The minimum atomic E-state index is 0.773. The summed E-state index contributed by atoms with van der Waals surface area (Å²) in [4.78, 5) is 10.4. The van der Waals surface area contributed by atoms with Crippen molar-refractivity contribution in [1.82, 2.24) is 0 Å². The lowest BCUT2D eigenvalue weighted by molar-refractivity contribution is 0.517. The Hall–Kier alpha value is -2.92. The Kier molecular flexibility index (Phi) is 32.7. The topological polar surface area (TPSA) is 24.7 Å². The van der Waals surface area contributed by atoms with Crippen LogP contribution in [0.5, 0.6) is 0 Å². The third-order valence-corrected chi connectivity index (χ3v) is 11.8. The van der Waals surface area contributed by atoms with Crippen molar-refractivity contribution in [3.63, 3.8) is 0 Å². The van der Waals surface area contributed by atoms with Gasteiger partial charge in [-0.15, -0.1) is 0 Å². The van der Waals surface area contributed by atoms with Gasteiger partial charge in [-0.1, -0.05) is 224 Å². The van der Waals surface area contributed by atoms with E-state index in [-0.39, 0.29) is 0 Å². The van der Waals surface area contributed by atoms with Gasteiger partial charge in [0, 0.05) is 6.42 Å². The first-order valence-electron chi connectivity index (χ1n) is 25.4. The van der Waals surface area contributed by atoms with Crippen LogP contribution in [0.25, 0.3) is 0 Å². The number of hydrogen-bond acceptors (Lipinski definition) is 2. The molecular formula is C57H92N2. The monoisotopic (exact) mass is 805 g/mol. The zero-order valence-electron chi connectivity index (χ0n) is 39.8. The Balaban J connectivity index is 1.74. The summed E-state index contributed by atoms with van der Waals surface area (Å²) < 4.78 is 0. The first kappa shape index (κ1) is 52.2. The summed E-state index contributed by atoms with van der Waals surface area (Å²) in [5, 5.41) is 0. The fourth-order valence-electron chi connectivity index (χ4n) is 8.35. The second-order valence-electron chi connectivity index (χ2n) is 18.1. The maximum Gasteiger partial charge on any atom is 0.139 e. The molecular weight excluding hydrogens is 713 g/mol. The van der Waals surface area contributed by atoms with Crippen LogP contribution in [0.2, 0.25) is 0 Å². The molecule has 0 aliphatic carbocycles. The SMILES string of the molecule is CCCCCCCCC/C=C/C(=Nc1cc(C)cc(C)c1)C(C#CCCCCCCCCCCCCCCCCCCCCCCCCCC)=Nc1cc(C)cc(C)c1. The number of nitrogens with zero attached hydrogens (tertiary/aromatic N) is 2. The van der Waals surface area contributed by atoms with Crippen LogP contribution < -0.4 is 0 Å². The summed E-state index contributed by atoms with van der Waals surface area (Å²) >= 11 is 0. The van der Waals surface area contributed by atoms with Crippen LogP contribution in [0.1, 0.15) is 248 Å². The number of hydrogen-bond donors (Lipinski definition) is 0.